The molecule has 1 atom stereocenters. The topological polar surface area (TPSA) is 74.5 Å². The molecule has 23 heavy (non-hydrogen) atoms. The molecule has 7 heteroatoms. The third-order valence-electron chi connectivity index (χ3n) is 3.93. The number of urea groups is 1. The second-order valence-electron chi connectivity index (χ2n) is 5.64. The van der Waals surface area contributed by atoms with Crippen LogP contribution in [0.4, 0.5) is 10.7 Å². The van der Waals surface area contributed by atoms with E-state index in [2.05, 4.69) is 20.2 Å². The number of nitrogens with zero attached hydrogens (tertiary/aromatic N) is 4. The van der Waals surface area contributed by atoms with Gasteiger partial charge in [-0.25, -0.2) is 14.8 Å². The summed E-state index contributed by atoms with van der Waals surface area (Å²) in [6.07, 6.45) is 3.46. The molecule has 7 nitrogen and oxygen atoms in total. The van der Waals surface area contributed by atoms with Crippen LogP contribution >= 0.6 is 0 Å². The number of anilines is 1. The molecule has 0 aromatic carbocycles. The highest BCUT2D eigenvalue weighted by molar-refractivity contribution is 5.75. The van der Waals surface area contributed by atoms with Crippen LogP contribution in [0.2, 0.25) is 0 Å². The predicted octanol–water partition coefficient (Wildman–Crippen LogP) is 1.97. The number of piperazine rings is 1. The normalized spacial score (nSPS) is 16.3. The zero-order chi connectivity index (χ0) is 16.2. The Balaban J connectivity index is 1.52. The Kier molecular flexibility index (Phi) is 4.45. The van der Waals surface area contributed by atoms with E-state index < -0.39 is 0 Å². The SMILES string of the molecule is Cc1ccc([C@@H](C)NC(=O)N2CCN(c3ncccn3)CC2)o1. The smallest absolute Gasteiger partial charge is 0.318 e. The van der Waals surface area contributed by atoms with Crippen molar-refractivity contribution in [2.75, 3.05) is 31.1 Å². The van der Waals surface area contributed by atoms with E-state index in [1.807, 2.05) is 30.9 Å². The summed E-state index contributed by atoms with van der Waals surface area (Å²) in [5, 5.41) is 2.98. The van der Waals surface area contributed by atoms with Gasteiger partial charge in [0.15, 0.2) is 0 Å². The zero-order valence-corrected chi connectivity index (χ0v) is 13.4. The molecule has 1 N–H and O–H groups in total. The Bertz CT molecular complexity index is 650. The van der Waals surface area contributed by atoms with Gasteiger partial charge in [0.2, 0.25) is 5.95 Å². The van der Waals surface area contributed by atoms with Crippen LogP contribution in [0.1, 0.15) is 24.5 Å². The molecule has 0 radical (unpaired) electrons. The van der Waals surface area contributed by atoms with Gasteiger partial charge in [0.05, 0.1) is 6.04 Å². The van der Waals surface area contributed by atoms with Gasteiger partial charge in [0.25, 0.3) is 0 Å². The maximum Gasteiger partial charge on any atom is 0.318 e. The van der Waals surface area contributed by atoms with Crippen molar-refractivity contribution in [2.24, 2.45) is 0 Å². The van der Waals surface area contributed by atoms with Crippen LogP contribution in [0.25, 0.3) is 0 Å². The largest absolute Gasteiger partial charge is 0.464 e. The monoisotopic (exact) mass is 315 g/mol. The van der Waals surface area contributed by atoms with E-state index in [-0.39, 0.29) is 12.1 Å². The molecule has 3 rings (SSSR count). The van der Waals surface area contributed by atoms with Crippen molar-refractivity contribution in [1.82, 2.24) is 20.2 Å². The number of hydrogen-bond donors (Lipinski definition) is 1. The maximum absolute atomic E-state index is 12.4. The number of aryl methyl sites for hydroxylation is 1. The lowest BCUT2D eigenvalue weighted by atomic mass is 10.2. The Morgan fingerprint density at radius 3 is 2.52 bits per heavy atom. The van der Waals surface area contributed by atoms with Crippen molar-refractivity contribution >= 4 is 12.0 Å². The van der Waals surface area contributed by atoms with Crippen LogP contribution in [0.5, 0.6) is 0 Å². The molecule has 0 saturated carbocycles. The molecule has 122 valence electrons. The number of carbonyl (C=O) groups is 1. The average Bonchev–Trinajstić information content (AvgIpc) is 3.02. The summed E-state index contributed by atoms with van der Waals surface area (Å²) >= 11 is 0. The highest BCUT2D eigenvalue weighted by Crippen LogP contribution is 2.16. The summed E-state index contributed by atoms with van der Waals surface area (Å²) in [6, 6.07) is 5.37. The average molecular weight is 315 g/mol. The molecular formula is C16H21N5O2. The standard InChI is InChI=1S/C16H21N5O2/c1-12-4-5-14(23-12)13(2)19-16(22)21-10-8-20(9-11-21)15-17-6-3-7-18-15/h3-7,13H,8-11H2,1-2H3,(H,19,22)/t13-/m1/s1. The quantitative estimate of drug-likeness (QED) is 0.937. The summed E-state index contributed by atoms with van der Waals surface area (Å²) in [6.45, 7) is 6.56. The van der Waals surface area contributed by atoms with Crippen molar-refractivity contribution in [1.29, 1.82) is 0 Å². The van der Waals surface area contributed by atoms with E-state index in [9.17, 15) is 4.79 Å². The Labute approximate surface area is 135 Å². The fourth-order valence-corrected chi connectivity index (χ4v) is 2.60. The van der Waals surface area contributed by atoms with Crippen LogP contribution in [0, 0.1) is 6.92 Å². The van der Waals surface area contributed by atoms with Crippen LogP contribution < -0.4 is 10.2 Å². The molecule has 2 amide bonds. The van der Waals surface area contributed by atoms with E-state index in [1.54, 1.807) is 18.5 Å². The number of aromatic nitrogens is 2. The Morgan fingerprint density at radius 2 is 1.91 bits per heavy atom. The van der Waals surface area contributed by atoms with E-state index >= 15 is 0 Å². The second-order valence-corrected chi connectivity index (χ2v) is 5.64. The third kappa shape index (κ3) is 3.61. The minimum atomic E-state index is -0.147. The summed E-state index contributed by atoms with van der Waals surface area (Å²) in [7, 11) is 0. The molecule has 1 aliphatic heterocycles. The molecule has 3 heterocycles. The van der Waals surface area contributed by atoms with Crippen molar-refractivity contribution in [2.45, 2.75) is 19.9 Å². The second kappa shape index (κ2) is 6.68. The highest BCUT2D eigenvalue weighted by Gasteiger charge is 2.24. The number of nitrogens with one attached hydrogen (secondary N) is 1. The van der Waals surface area contributed by atoms with Crippen LogP contribution in [-0.2, 0) is 0 Å². The van der Waals surface area contributed by atoms with Crippen molar-refractivity contribution < 1.29 is 9.21 Å². The van der Waals surface area contributed by atoms with Gasteiger partial charge >= 0.3 is 6.03 Å². The van der Waals surface area contributed by atoms with Gasteiger partial charge in [-0.15, -0.1) is 0 Å². The first-order valence-electron chi connectivity index (χ1n) is 7.77. The summed E-state index contributed by atoms with van der Waals surface area (Å²) in [4.78, 5) is 24.7. The summed E-state index contributed by atoms with van der Waals surface area (Å²) in [5.41, 5.74) is 0. The number of hydrogen-bond acceptors (Lipinski definition) is 5. The van der Waals surface area contributed by atoms with E-state index in [4.69, 9.17) is 4.42 Å². The van der Waals surface area contributed by atoms with E-state index in [0.717, 1.165) is 24.6 Å². The van der Waals surface area contributed by atoms with Crippen molar-refractivity contribution in [3.8, 4) is 0 Å². The molecule has 1 aliphatic rings. The fourth-order valence-electron chi connectivity index (χ4n) is 2.60. The summed E-state index contributed by atoms with van der Waals surface area (Å²) in [5.74, 6) is 2.33. The highest BCUT2D eigenvalue weighted by atomic mass is 16.3. The number of furan rings is 1. The summed E-state index contributed by atoms with van der Waals surface area (Å²) < 4.78 is 5.55. The maximum atomic E-state index is 12.4. The van der Waals surface area contributed by atoms with Gasteiger partial charge in [0.1, 0.15) is 11.5 Å². The van der Waals surface area contributed by atoms with Crippen LogP contribution in [-0.4, -0.2) is 47.1 Å². The molecule has 0 spiro atoms. The lowest BCUT2D eigenvalue weighted by Gasteiger charge is -2.35. The molecule has 2 aromatic rings. The third-order valence-corrected chi connectivity index (χ3v) is 3.93. The first kappa shape index (κ1) is 15.3. The van der Waals surface area contributed by atoms with Crippen LogP contribution in [0.15, 0.2) is 35.0 Å². The predicted molar refractivity (Wildman–Crippen MR) is 86.2 cm³/mol. The van der Waals surface area contributed by atoms with Gasteiger partial charge in [-0.3, -0.25) is 0 Å². The number of rotatable bonds is 3. The molecule has 0 unspecified atom stereocenters. The van der Waals surface area contributed by atoms with Crippen molar-refractivity contribution in [3.05, 3.63) is 42.1 Å². The van der Waals surface area contributed by atoms with E-state index in [1.165, 1.54) is 0 Å². The first-order chi connectivity index (χ1) is 11.1. The number of carbonyl (C=O) groups excluding carboxylic acids is 1. The Hall–Kier alpha value is -2.57. The van der Waals surface area contributed by atoms with Gasteiger partial charge < -0.3 is 19.5 Å². The lowest BCUT2D eigenvalue weighted by molar-refractivity contribution is 0.189. The molecule has 0 bridgehead atoms. The minimum Gasteiger partial charge on any atom is -0.464 e. The van der Waals surface area contributed by atoms with Gasteiger partial charge in [-0.1, -0.05) is 0 Å². The Morgan fingerprint density at radius 1 is 1.22 bits per heavy atom. The number of amides is 2. The molecule has 1 fully saturated rings. The van der Waals surface area contributed by atoms with Gasteiger partial charge in [-0.05, 0) is 32.0 Å². The van der Waals surface area contributed by atoms with Crippen molar-refractivity contribution in [3.63, 3.8) is 0 Å². The van der Waals surface area contributed by atoms with E-state index in [0.29, 0.717) is 19.0 Å². The molecule has 1 saturated heterocycles. The zero-order valence-electron chi connectivity index (χ0n) is 13.4. The fraction of sp³-hybridized carbons (Fsp3) is 0.438. The molecule has 0 aliphatic carbocycles. The van der Waals surface area contributed by atoms with Gasteiger partial charge in [0, 0.05) is 38.6 Å². The lowest BCUT2D eigenvalue weighted by Crippen LogP contribution is -2.52. The molecule has 2 aromatic heterocycles. The minimum absolute atomic E-state index is 0.0693. The van der Waals surface area contributed by atoms with Gasteiger partial charge in [-0.2, -0.15) is 0 Å². The van der Waals surface area contributed by atoms with Crippen LogP contribution in [0.3, 0.4) is 0 Å². The molecular weight excluding hydrogens is 294 g/mol. The first-order valence-corrected chi connectivity index (χ1v) is 7.77.